The molecule has 0 amide bonds. The summed E-state index contributed by atoms with van der Waals surface area (Å²) in [5.74, 6) is -1.26. The van der Waals surface area contributed by atoms with Crippen LogP contribution in [0.1, 0.15) is 32.9 Å². The number of ether oxygens (including phenoxy) is 5. The molecular formula is C20H25N5O8. The molecule has 0 radical (unpaired) electrons. The number of hydrogen-bond donors (Lipinski definition) is 1. The summed E-state index contributed by atoms with van der Waals surface area (Å²) >= 11 is 0. The Kier molecular flexibility index (Phi) is 6.70. The molecule has 2 aromatic heterocycles. The Morgan fingerprint density at radius 2 is 1.91 bits per heavy atom. The van der Waals surface area contributed by atoms with Gasteiger partial charge in [-0.1, -0.05) is 0 Å². The van der Waals surface area contributed by atoms with Gasteiger partial charge in [0.1, 0.15) is 12.4 Å². The number of hydrogen-bond acceptors (Lipinski definition) is 12. The van der Waals surface area contributed by atoms with E-state index in [0.717, 1.165) is 6.42 Å². The van der Waals surface area contributed by atoms with Crippen molar-refractivity contribution in [1.29, 1.82) is 0 Å². The van der Waals surface area contributed by atoms with E-state index in [2.05, 4.69) is 20.3 Å². The van der Waals surface area contributed by atoms with E-state index in [-0.39, 0.29) is 12.5 Å². The van der Waals surface area contributed by atoms with Crippen molar-refractivity contribution in [3.8, 4) is 0 Å². The lowest BCUT2D eigenvalue weighted by molar-refractivity contribution is -0.165. The maximum absolute atomic E-state index is 11.9. The Hall–Kier alpha value is -3.32. The van der Waals surface area contributed by atoms with E-state index >= 15 is 0 Å². The number of fused-ring (bicyclic) bond motifs is 1. The number of anilines is 1. The summed E-state index contributed by atoms with van der Waals surface area (Å²) < 4.78 is 28.6. The van der Waals surface area contributed by atoms with E-state index in [4.69, 9.17) is 23.7 Å². The second-order valence-corrected chi connectivity index (χ2v) is 7.74. The number of imidazole rings is 1. The van der Waals surface area contributed by atoms with Crippen LogP contribution >= 0.6 is 0 Å². The third kappa shape index (κ3) is 4.88. The van der Waals surface area contributed by atoms with Crippen LogP contribution in [-0.2, 0) is 38.1 Å². The number of rotatable bonds is 7. The zero-order valence-electron chi connectivity index (χ0n) is 18.4. The first-order chi connectivity index (χ1) is 15.9. The monoisotopic (exact) mass is 463 g/mol. The Morgan fingerprint density at radius 1 is 1.15 bits per heavy atom. The summed E-state index contributed by atoms with van der Waals surface area (Å²) in [5, 5.41) is 3.30. The summed E-state index contributed by atoms with van der Waals surface area (Å²) in [4.78, 5) is 48.6. The predicted molar refractivity (Wildman–Crippen MR) is 110 cm³/mol. The van der Waals surface area contributed by atoms with Gasteiger partial charge in [0, 0.05) is 20.5 Å². The highest BCUT2D eigenvalue weighted by Gasteiger charge is 2.51. The molecule has 13 heteroatoms. The molecule has 5 unspecified atom stereocenters. The molecule has 33 heavy (non-hydrogen) atoms. The van der Waals surface area contributed by atoms with Gasteiger partial charge in [0.05, 0.1) is 32.5 Å². The zero-order chi connectivity index (χ0) is 23.5. The molecule has 2 aliphatic heterocycles. The molecule has 0 spiro atoms. The molecular weight excluding hydrogens is 438 g/mol. The van der Waals surface area contributed by atoms with Gasteiger partial charge in [-0.15, -0.1) is 0 Å². The quantitative estimate of drug-likeness (QED) is 0.445. The molecule has 4 rings (SSSR count). The maximum Gasteiger partial charge on any atom is 0.308 e. The van der Waals surface area contributed by atoms with E-state index in [0.29, 0.717) is 30.2 Å². The van der Waals surface area contributed by atoms with Gasteiger partial charge in [-0.2, -0.15) is 0 Å². The topological polar surface area (TPSA) is 153 Å². The van der Waals surface area contributed by atoms with Crippen molar-refractivity contribution in [3.63, 3.8) is 0 Å². The third-order valence-corrected chi connectivity index (χ3v) is 5.39. The molecule has 178 valence electrons. The summed E-state index contributed by atoms with van der Waals surface area (Å²) in [6.07, 6.45) is -0.480. The van der Waals surface area contributed by atoms with Crippen LogP contribution in [0.5, 0.6) is 0 Å². The highest BCUT2D eigenvalue weighted by atomic mass is 16.6. The van der Waals surface area contributed by atoms with Crippen LogP contribution in [0.15, 0.2) is 12.7 Å². The van der Waals surface area contributed by atoms with Crippen LogP contribution in [0, 0.1) is 0 Å². The van der Waals surface area contributed by atoms with Gasteiger partial charge in [-0.25, -0.2) is 15.0 Å². The predicted octanol–water partition coefficient (Wildman–Crippen LogP) is 0.351. The van der Waals surface area contributed by atoms with Crippen LogP contribution in [-0.4, -0.2) is 82.1 Å². The van der Waals surface area contributed by atoms with E-state index in [1.807, 2.05) is 0 Å². The summed E-state index contributed by atoms with van der Waals surface area (Å²) in [7, 11) is 1.24. The molecule has 4 heterocycles. The van der Waals surface area contributed by atoms with Crippen molar-refractivity contribution in [1.82, 2.24) is 19.5 Å². The number of carbonyl (C=O) groups is 3. The van der Waals surface area contributed by atoms with Crippen molar-refractivity contribution in [2.24, 2.45) is 0 Å². The van der Waals surface area contributed by atoms with Crippen molar-refractivity contribution < 1.29 is 38.1 Å². The Morgan fingerprint density at radius 3 is 2.58 bits per heavy atom. The first-order valence-electron chi connectivity index (χ1n) is 10.5. The molecule has 2 saturated heterocycles. The highest BCUT2D eigenvalue weighted by molar-refractivity contribution is 5.83. The smallest absolute Gasteiger partial charge is 0.308 e. The number of nitrogens with zero attached hydrogens (tertiary/aromatic N) is 4. The molecule has 2 aromatic rings. The summed E-state index contributed by atoms with van der Waals surface area (Å²) in [6.45, 7) is 3.68. The molecule has 2 aliphatic rings. The van der Waals surface area contributed by atoms with Crippen LogP contribution in [0.2, 0.25) is 0 Å². The first kappa shape index (κ1) is 22.9. The average Bonchev–Trinajstić information content (AvgIpc) is 3.49. The number of methoxy groups -OCH3 is 1. The third-order valence-electron chi connectivity index (χ3n) is 5.39. The van der Waals surface area contributed by atoms with Crippen molar-refractivity contribution in [2.75, 3.05) is 25.6 Å². The lowest BCUT2D eigenvalue weighted by atomic mass is 10.1. The molecule has 2 fully saturated rings. The number of aromatic nitrogens is 4. The molecule has 0 aliphatic carbocycles. The van der Waals surface area contributed by atoms with Gasteiger partial charge in [-0.3, -0.25) is 19.0 Å². The average molecular weight is 463 g/mol. The molecule has 0 bridgehead atoms. The van der Waals surface area contributed by atoms with Crippen LogP contribution < -0.4 is 5.32 Å². The Balaban J connectivity index is 1.69. The van der Waals surface area contributed by atoms with Gasteiger partial charge < -0.3 is 29.0 Å². The van der Waals surface area contributed by atoms with Crippen molar-refractivity contribution in [2.45, 2.75) is 57.3 Å². The summed E-state index contributed by atoms with van der Waals surface area (Å²) in [6, 6.07) is 0.0996. The molecule has 1 N–H and O–H groups in total. The molecule has 5 atom stereocenters. The molecule has 0 aromatic carbocycles. The Bertz CT molecular complexity index is 1040. The van der Waals surface area contributed by atoms with Gasteiger partial charge in [0.2, 0.25) is 0 Å². The second-order valence-electron chi connectivity index (χ2n) is 7.74. The highest BCUT2D eigenvalue weighted by Crippen LogP contribution is 2.37. The maximum atomic E-state index is 11.9. The standard InChI is InChI=1S/C20H25N5O8/c1-10(26)31-16-13(6-14(28)29-3)33-20(17(16)32-11(2)27)25-9-23-15-18(21-8-22-19(15)25)24-12-4-5-30-7-12/h8-9,12-13,16-17,20H,4-7H2,1-3H3,(H,21,22,24). The van der Waals surface area contributed by atoms with E-state index < -0.39 is 42.4 Å². The zero-order valence-corrected chi connectivity index (χ0v) is 18.4. The fourth-order valence-corrected chi connectivity index (χ4v) is 3.98. The SMILES string of the molecule is COC(=O)CC1OC(n2cnc3c(NC4CCOC4)ncnc32)C(OC(C)=O)C1OC(C)=O. The number of esters is 3. The lowest BCUT2D eigenvalue weighted by Crippen LogP contribution is -2.39. The minimum absolute atomic E-state index is 0.0996. The normalized spacial score (nSPS) is 26.8. The van der Waals surface area contributed by atoms with Crippen LogP contribution in [0.4, 0.5) is 5.82 Å². The van der Waals surface area contributed by atoms with E-state index in [9.17, 15) is 14.4 Å². The van der Waals surface area contributed by atoms with Gasteiger partial charge in [-0.05, 0) is 6.42 Å². The fourth-order valence-electron chi connectivity index (χ4n) is 3.98. The van der Waals surface area contributed by atoms with Gasteiger partial charge in [0.15, 0.2) is 35.4 Å². The largest absolute Gasteiger partial charge is 0.469 e. The van der Waals surface area contributed by atoms with Crippen LogP contribution in [0.25, 0.3) is 11.2 Å². The number of carbonyl (C=O) groups excluding carboxylic acids is 3. The molecule has 0 saturated carbocycles. The van der Waals surface area contributed by atoms with Crippen LogP contribution in [0.3, 0.4) is 0 Å². The van der Waals surface area contributed by atoms with Crippen molar-refractivity contribution >= 4 is 34.9 Å². The lowest BCUT2D eigenvalue weighted by Gasteiger charge is -2.23. The van der Waals surface area contributed by atoms with Crippen molar-refractivity contribution in [3.05, 3.63) is 12.7 Å². The molecule has 13 nitrogen and oxygen atoms in total. The fraction of sp³-hybridized carbons (Fsp3) is 0.600. The minimum atomic E-state index is -1.05. The summed E-state index contributed by atoms with van der Waals surface area (Å²) in [5.41, 5.74) is 0.892. The first-order valence-corrected chi connectivity index (χ1v) is 10.5. The van der Waals surface area contributed by atoms with E-state index in [1.165, 1.54) is 33.6 Å². The minimum Gasteiger partial charge on any atom is -0.469 e. The Labute approximate surface area is 188 Å². The van der Waals surface area contributed by atoms with Gasteiger partial charge in [0.25, 0.3) is 0 Å². The number of nitrogens with one attached hydrogen (secondary N) is 1. The van der Waals surface area contributed by atoms with E-state index in [1.54, 1.807) is 4.57 Å². The van der Waals surface area contributed by atoms with Gasteiger partial charge >= 0.3 is 17.9 Å². The second kappa shape index (κ2) is 9.67.